The fourth-order valence-electron chi connectivity index (χ4n) is 2.19. The van der Waals surface area contributed by atoms with E-state index in [1.165, 1.54) is 6.26 Å². The normalized spacial score (nSPS) is 10.7. The molecule has 2 N–H and O–H groups in total. The van der Waals surface area contributed by atoms with Gasteiger partial charge in [-0.25, -0.2) is 0 Å². The lowest BCUT2D eigenvalue weighted by atomic mass is 10.1. The van der Waals surface area contributed by atoms with Crippen molar-refractivity contribution in [1.82, 2.24) is 0 Å². The number of ether oxygens (including phenoxy) is 1. The van der Waals surface area contributed by atoms with Crippen LogP contribution < -0.4 is 10.1 Å². The Morgan fingerprint density at radius 3 is 2.67 bits per heavy atom. The predicted molar refractivity (Wildman–Crippen MR) is 90.0 cm³/mol. The molecule has 1 amide bonds. The molecule has 2 aromatic rings. The van der Waals surface area contributed by atoms with Crippen LogP contribution in [0.15, 0.2) is 28.9 Å². The van der Waals surface area contributed by atoms with E-state index in [-0.39, 0.29) is 23.8 Å². The molecule has 24 heavy (non-hydrogen) atoms. The van der Waals surface area contributed by atoms with Crippen LogP contribution in [0.3, 0.4) is 0 Å². The van der Waals surface area contributed by atoms with Crippen molar-refractivity contribution in [2.45, 2.75) is 33.3 Å². The third-order valence-corrected chi connectivity index (χ3v) is 3.44. The summed E-state index contributed by atoms with van der Waals surface area (Å²) in [6.45, 7) is 5.45. The van der Waals surface area contributed by atoms with E-state index >= 15 is 0 Å². The zero-order valence-corrected chi connectivity index (χ0v) is 14.3. The van der Waals surface area contributed by atoms with Crippen LogP contribution in [0.5, 0.6) is 5.75 Å². The van der Waals surface area contributed by atoms with Crippen molar-refractivity contribution in [2.75, 3.05) is 5.32 Å². The standard InChI is InChI=1S/C17H18ClNO5/c1-9(2)24-13-5-4-11(6-12(13)18)19-17(22)16-10(3)8-23-14(16)7-15(20)21/h4-6,8-9H,7H2,1-3H3,(H,19,22)(H,20,21). The largest absolute Gasteiger partial charge is 0.489 e. The molecule has 0 aliphatic heterocycles. The van der Waals surface area contributed by atoms with Crippen molar-refractivity contribution in [1.29, 1.82) is 0 Å². The lowest BCUT2D eigenvalue weighted by Crippen LogP contribution is -2.15. The Morgan fingerprint density at radius 1 is 1.38 bits per heavy atom. The van der Waals surface area contributed by atoms with Crippen molar-refractivity contribution in [2.24, 2.45) is 0 Å². The van der Waals surface area contributed by atoms with Gasteiger partial charge in [0.15, 0.2) is 0 Å². The molecule has 0 fully saturated rings. The quantitative estimate of drug-likeness (QED) is 0.823. The van der Waals surface area contributed by atoms with E-state index in [9.17, 15) is 9.59 Å². The van der Waals surface area contributed by atoms with Crippen LogP contribution in [-0.2, 0) is 11.2 Å². The lowest BCUT2D eigenvalue weighted by Gasteiger charge is -2.13. The van der Waals surface area contributed by atoms with Crippen molar-refractivity contribution in [3.8, 4) is 5.75 Å². The number of furan rings is 1. The number of aryl methyl sites for hydroxylation is 1. The number of carbonyl (C=O) groups excluding carboxylic acids is 1. The third kappa shape index (κ3) is 4.29. The Labute approximate surface area is 144 Å². The van der Waals surface area contributed by atoms with Crippen molar-refractivity contribution >= 4 is 29.2 Å². The Kier molecular flexibility index (Phi) is 5.51. The molecule has 1 aromatic carbocycles. The van der Waals surface area contributed by atoms with Crippen LogP contribution in [0.4, 0.5) is 5.69 Å². The average Bonchev–Trinajstić information content (AvgIpc) is 2.81. The molecule has 1 heterocycles. The minimum Gasteiger partial charge on any atom is -0.489 e. The molecule has 0 unspecified atom stereocenters. The second kappa shape index (κ2) is 7.40. The highest BCUT2D eigenvalue weighted by atomic mass is 35.5. The predicted octanol–water partition coefficient (Wildman–Crippen LogP) is 3.91. The van der Waals surface area contributed by atoms with E-state index < -0.39 is 11.9 Å². The topological polar surface area (TPSA) is 88.8 Å². The number of aliphatic carboxylic acids is 1. The fraction of sp³-hybridized carbons (Fsp3) is 0.294. The number of halogens is 1. The molecule has 2 rings (SSSR count). The van der Waals surface area contributed by atoms with Crippen LogP contribution in [0.25, 0.3) is 0 Å². The number of hydrogen-bond donors (Lipinski definition) is 2. The Bertz CT molecular complexity index is 766. The lowest BCUT2D eigenvalue weighted by molar-refractivity contribution is -0.136. The number of carboxylic acids is 1. The van der Waals surface area contributed by atoms with Gasteiger partial charge >= 0.3 is 5.97 Å². The summed E-state index contributed by atoms with van der Waals surface area (Å²) in [7, 11) is 0. The van der Waals surface area contributed by atoms with Gasteiger partial charge in [0.05, 0.1) is 23.0 Å². The number of hydrogen-bond acceptors (Lipinski definition) is 4. The Hall–Kier alpha value is -2.47. The van der Waals surface area contributed by atoms with E-state index in [2.05, 4.69) is 5.32 Å². The van der Waals surface area contributed by atoms with Gasteiger partial charge in [0.25, 0.3) is 5.91 Å². The number of amides is 1. The molecule has 0 aliphatic carbocycles. The van der Waals surface area contributed by atoms with Gasteiger partial charge in [0.2, 0.25) is 0 Å². The van der Waals surface area contributed by atoms with Crippen LogP contribution in [0.2, 0.25) is 5.02 Å². The minimum absolute atomic E-state index is 0.0184. The van der Waals surface area contributed by atoms with E-state index in [0.717, 1.165) is 0 Å². The molecule has 7 heteroatoms. The SMILES string of the molecule is Cc1coc(CC(=O)O)c1C(=O)Nc1ccc(OC(C)C)c(Cl)c1. The maximum Gasteiger partial charge on any atom is 0.311 e. The maximum atomic E-state index is 12.4. The molecule has 0 bridgehead atoms. The van der Waals surface area contributed by atoms with Gasteiger partial charge in [0.1, 0.15) is 17.9 Å². The molecule has 0 atom stereocenters. The Morgan fingerprint density at radius 2 is 2.08 bits per heavy atom. The summed E-state index contributed by atoms with van der Waals surface area (Å²) in [5.74, 6) is -0.887. The van der Waals surface area contributed by atoms with Crippen LogP contribution >= 0.6 is 11.6 Å². The zero-order valence-electron chi connectivity index (χ0n) is 13.6. The van der Waals surface area contributed by atoms with Gasteiger partial charge in [0, 0.05) is 11.3 Å². The van der Waals surface area contributed by atoms with Gasteiger partial charge in [-0.2, -0.15) is 0 Å². The van der Waals surface area contributed by atoms with E-state index in [0.29, 0.717) is 22.0 Å². The molecule has 0 saturated carbocycles. The van der Waals surface area contributed by atoms with Gasteiger partial charge in [-0.1, -0.05) is 11.6 Å². The summed E-state index contributed by atoms with van der Waals surface area (Å²) in [4.78, 5) is 23.3. The Balaban J connectivity index is 2.20. The number of carboxylic acid groups (broad SMARTS) is 1. The summed E-state index contributed by atoms with van der Waals surface area (Å²) in [5, 5.41) is 11.9. The number of rotatable bonds is 6. The summed E-state index contributed by atoms with van der Waals surface area (Å²) in [6.07, 6.45) is 0.980. The number of anilines is 1. The minimum atomic E-state index is -1.07. The van der Waals surface area contributed by atoms with Crippen LogP contribution in [-0.4, -0.2) is 23.1 Å². The summed E-state index contributed by atoms with van der Waals surface area (Å²) in [5.41, 5.74) is 1.26. The first-order chi connectivity index (χ1) is 11.3. The molecule has 0 aliphatic rings. The maximum absolute atomic E-state index is 12.4. The fourth-order valence-corrected chi connectivity index (χ4v) is 2.42. The summed E-state index contributed by atoms with van der Waals surface area (Å²) < 4.78 is 10.7. The van der Waals surface area contributed by atoms with Gasteiger partial charge in [-0.05, 0) is 39.0 Å². The molecule has 1 aromatic heterocycles. The third-order valence-electron chi connectivity index (χ3n) is 3.14. The molecular formula is C17H18ClNO5. The summed E-state index contributed by atoms with van der Waals surface area (Å²) >= 11 is 6.14. The average molecular weight is 352 g/mol. The highest BCUT2D eigenvalue weighted by molar-refractivity contribution is 6.32. The number of nitrogens with one attached hydrogen (secondary N) is 1. The molecule has 0 saturated heterocycles. The first kappa shape index (κ1) is 17.9. The van der Waals surface area contributed by atoms with Crippen molar-refractivity contribution < 1.29 is 23.8 Å². The first-order valence-corrected chi connectivity index (χ1v) is 7.72. The highest BCUT2D eigenvalue weighted by Crippen LogP contribution is 2.29. The monoisotopic (exact) mass is 351 g/mol. The van der Waals surface area contributed by atoms with E-state index in [4.69, 9.17) is 25.9 Å². The molecule has 0 spiro atoms. The molecular weight excluding hydrogens is 334 g/mol. The van der Waals surface area contributed by atoms with Crippen molar-refractivity contribution in [3.63, 3.8) is 0 Å². The second-order valence-corrected chi connectivity index (χ2v) is 5.96. The van der Waals surface area contributed by atoms with E-state index in [1.807, 2.05) is 13.8 Å². The van der Waals surface area contributed by atoms with Gasteiger partial charge in [-0.15, -0.1) is 0 Å². The molecule has 128 valence electrons. The van der Waals surface area contributed by atoms with Gasteiger partial charge < -0.3 is 19.6 Å². The highest BCUT2D eigenvalue weighted by Gasteiger charge is 2.21. The second-order valence-electron chi connectivity index (χ2n) is 5.55. The summed E-state index contributed by atoms with van der Waals surface area (Å²) in [6, 6.07) is 4.90. The zero-order chi connectivity index (χ0) is 17.9. The molecule has 0 radical (unpaired) electrons. The molecule has 6 nitrogen and oxygen atoms in total. The van der Waals surface area contributed by atoms with Crippen molar-refractivity contribution in [3.05, 3.63) is 46.4 Å². The first-order valence-electron chi connectivity index (χ1n) is 7.34. The smallest absolute Gasteiger partial charge is 0.311 e. The van der Waals surface area contributed by atoms with E-state index in [1.54, 1.807) is 25.1 Å². The van der Waals surface area contributed by atoms with Crippen LogP contribution in [0, 0.1) is 6.92 Å². The van der Waals surface area contributed by atoms with Gasteiger partial charge in [-0.3, -0.25) is 9.59 Å². The van der Waals surface area contributed by atoms with Crippen LogP contribution in [0.1, 0.15) is 35.5 Å². The number of carbonyl (C=O) groups is 2. The number of benzene rings is 1.